The molecule has 0 saturated carbocycles. The van der Waals surface area contributed by atoms with Crippen LogP contribution in [0.5, 0.6) is 0 Å². The third kappa shape index (κ3) is 4.32. The molecule has 1 aliphatic heterocycles. The van der Waals surface area contributed by atoms with E-state index in [0.29, 0.717) is 6.54 Å². The predicted molar refractivity (Wildman–Crippen MR) is 126 cm³/mol. The van der Waals surface area contributed by atoms with Crippen LogP contribution in [-0.4, -0.2) is 28.9 Å². The van der Waals surface area contributed by atoms with Crippen LogP contribution >= 0.6 is 22.7 Å². The monoisotopic (exact) mass is 445 g/mol. The van der Waals surface area contributed by atoms with E-state index in [4.69, 9.17) is 0 Å². The van der Waals surface area contributed by atoms with Crippen LogP contribution in [0.25, 0.3) is 0 Å². The molecule has 2 atom stereocenters. The third-order valence-electron chi connectivity index (χ3n) is 5.66. The van der Waals surface area contributed by atoms with E-state index in [-0.39, 0.29) is 18.0 Å². The summed E-state index contributed by atoms with van der Waals surface area (Å²) in [6, 6.07) is 22.6. The molecular weight excluding hydrogens is 422 g/mol. The number of fused-ring (bicyclic) bond motifs is 1. The minimum absolute atomic E-state index is 0.0173. The van der Waals surface area contributed by atoms with Crippen molar-refractivity contribution in [2.24, 2.45) is 0 Å². The average Bonchev–Trinajstić information content (AvgIpc) is 3.51. The summed E-state index contributed by atoms with van der Waals surface area (Å²) in [7, 11) is 0. The van der Waals surface area contributed by atoms with Gasteiger partial charge in [0.05, 0.1) is 12.6 Å². The largest absolute Gasteiger partial charge is 0.342 e. The number of hydrogen-bond donors (Lipinski definition) is 1. The highest BCUT2D eigenvalue weighted by molar-refractivity contribution is 7.10. The number of nitrogens with one attached hydrogen (secondary N) is 1. The highest BCUT2D eigenvalue weighted by atomic mass is 32.1. The van der Waals surface area contributed by atoms with Crippen LogP contribution in [-0.2, 0) is 11.2 Å². The molecule has 4 aromatic rings. The second-order valence-electron chi connectivity index (χ2n) is 7.61. The van der Waals surface area contributed by atoms with Crippen LogP contribution in [0.15, 0.2) is 83.7 Å². The van der Waals surface area contributed by atoms with Gasteiger partial charge in [0.1, 0.15) is 11.0 Å². The standard InChI is InChI=1S/C25H23N3OS2/c29-22(27-23(25-26-13-16-31-25)18-7-3-1-4-8-18)17-28-14-11-21-20(12-15-30-21)24(28)19-9-5-2-6-10-19/h1-10,12-13,15-16,23-24H,11,14,17H2,(H,27,29). The molecular formula is C25H23N3OS2. The molecule has 156 valence electrons. The Kier molecular flexibility index (Phi) is 5.93. The van der Waals surface area contributed by atoms with Gasteiger partial charge in [-0.05, 0) is 34.6 Å². The summed E-state index contributed by atoms with van der Waals surface area (Å²) in [5.41, 5.74) is 3.60. The number of rotatable bonds is 6. The molecule has 2 aromatic heterocycles. The number of thiazole rings is 1. The van der Waals surface area contributed by atoms with Gasteiger partial charge in [0.25, 0.3) is 0 Å². The van der Waals surface area contributed by atoms with Gasteiger partial charge < -0.3 is 5.32 Å². The highest BCUT2D eigenvalue weighted by Gasteiger charge is 2.31. The first-order valence-electron chi connectivity index (χ1n) is 10.4. The van der Waals surface area contributed by atoms with Crippen molar-refractivity contribution < 1.29 is 4.79 Å². The zero-order valence-corrected chi connectivity index (χ0v) is 18.6. The van der Waals surface area contributed by atoms with E-state index < -0.39 is 0 Å². The molecule has 0 radical (unpaired) electrons. The molecule has 1 aliphatic rings. The maximum absolute atomic E-state index is 13.2. The molecule has 1 amide bonds. The first-order valence-corrected chi connectivity index (χ1v) is 12.1. The van der Waals surface area contributed by atoms with E-state index in [0.717, 1.165) is 23.5 Å². The second kappa shape index (κ2) is 9.14. The van der Waals surface area contributed by atoms with E-state index in [1.54, 1.807) is 17.5 Å². The van der Waals surface area contributed by atoms with Gasteiger partial charge in [-0.15, -0.1) is 22.7 Å². The van der Waals surface area contributed by atoms with Gasteiger partial charge in [-0.2, -0.15) is 0 Å². The molecule has 2 unspecified atom stereocenters. The fraction of sp³-hybridized carbons (Fsp3) is 0.200. The second-order valence-corrected chi connectivity index (χ2v) is 9.54. The quantitative estimate of drug-likeness (QED) is 0.451. The summed E-state index contributed by atoms with van der Waals surface area (Å²) in [6.45, 7) is 1.22. The fourth-order valence-electron chi connectivity index (χ4n) is 4.27. The van der Waals surface area contributed by atoms with Crippen LogP contribution in [0, 0.1) is 0 Å². The van der Waals surface area contributed by atoms with Crippen LogP contribution in [0.1, 0.15) is 38.7 Å². The molecule has 0 spiro atoms. The summed E-state index contributed by atoms with van der Waals surface area (Å²) < 4.78 is 0. The number of benzene rings is 2. The van der Waals surface area contributed by atoms with E-state index in [1.807, 2.05) is 53.1 Å². The number of aromatic nitrogens is 1. The molecule has 4 nitrogen and oxygen atoms in total. The number of carbonyl (C=O) groups is 1. The number of thiophene rings is 1. The summed E-state index contributed by atoms with van der Waals surface area (Å²) in [4.78, 5) is 21.4. The first kappa shape index (κ1) is 20.1. The Morgan fingerprint density at radius 1 is 1.03 bits per heavy atom. The minimum atomic E-state index is -0.231. The van der Waals surface area contributed by atoms with Gasteiger partial charge in [0, 0.05) is 23.0 Å². The summed E-state index contributed by atoms with van der Waals surface area (Å²) >= 11 is 3.38. The maximum Gasteiger partial charge on any atom is 0.235 e. The Labute approximate surface area is 190 Å². The van der Waals surface area contributed by atoms with Crippen LogP contribution in [0.2, 0.25) is 0 Å². The van der Waals surface area contributed by atoms with E-state index in [9.17, 15) is 4.79 Å². The Bertz CT molecular complexity index is 1130. The molecule has 2 aromatic carbocycles. The minimum Gasteiger partial charge on any atom is -0.342 e. The van der Waals surface area contributed by atoms with Crippen molar-refractivity contribution in [3.05, 3.63) is 110 Å². The van der Waals surface area contributed by atoms with Crippen molar-refractivity contribution in [3.8, 4) is 0 Å². The van der Waals surface area contributed by atoms with Gasteiger partial charge in [-0.3, -0.25) is 9.69 Å². The Morgan fingerprint density at radius 3 is 2.55 bits per heavy atom. The highest BCUT2D eigenvalue weighted by Crippen LogP contribution is 2.37. The van der Waals surface area contributed by atoms with E-state index >= 15 is 0 Å². The molecule has 1 N–H and O–H groups in total. The molecule has 5 rings (SSSR count). The molecule has 0 fully saturated rings. The zero-order chi connectivity index (χ0) is 21.0. The van der Waals surface area contributed by atoms with Crippen LogP contribution in [0.4, 0.5) is 0 Å². The zero-order valence-electron chi connectivity index (χ0n) is 17.0. The van der Waals surface area contributed by atoms with Gasteiger partial charge >= 0.3 is 0 Å². The van der Waals surface area contributed by atoms with Gasteiger partial charge in [0.2, 0.25) is 5.91 Å². The lowest BCUT2D eigenvalue weighted by Crippen LogP contribution is -2.43. The van der Waals surface area contributed by atoms with Crippen molar-refractivity contribution in [2.45, 2.75) is 18.5 Å². The molecule has 0 aliphatic carbocycles. The maximum atomic E-state index is 13.2. The SMILES string of the molecule is O=C(CN1CCc2sccc2C1c1ccccc1)NC(c1ccccc1)c1nccs1. The van der Waals surface area contributed by atoms with E-state index in [1.165, 1.54) is 16.0 Å². The summed E-state index contributed by atoms with van der Waals surface area (Å²) in [5.74, 6) is 0.0173. The molecule has 0 bridgehead atoms. The Morgan fingerprint density at radius 2 is 1.81 bits per heavy atom. The summed E-state index contributed by atoms with van der Waals surface area (Å²) in [5, 5.41) is 8.26. The van der Waals surface area contributed by atoms with Crippen LogP contribution < -0.4 is 5.32 Å². The van der Waals surface area contributed by atoms with Gasteiger partial charge in [-0.1, -0.05) is 60.7 Å². The number of hydrogen-bond acceptors (Lipinski definition) is 5. The number of carbonyl (C=O) groups excluding carboxylic acids is 1. The Balaban J connectivity index is 1.39. The lowest BCUT2D eigenvalue weighted by atomic mass is 9.93. The van der Waals surface area contributed by atoms with Crippen molar-refractivity contribution in [1.82, 2.24) is 15.2 Å². The van der Waals surface area contributed by atoms with Crippen molar-refractivity contribution in [2.75, 3.05) is 13.1 Å². The van der Waals surface area contributed by atoms with E-state index in [2.05, 4.69) is 50.9 Å². The van der Waals surface area contributed by atoms with Crippen molar-refractivity contribution in [1.29, 1.82) is 0 Å². The summed E-state index contributed by atoms with van der Waals surface area (Å²) in [6.07, 6.45) is 2.77. The predicted octanol–water partition coefficient (Wildman–Crippen LogP) is 5.06. The third-order valence-corrected chi connectivity index (χ3v) is 7.50. The number of nitrogens with zero attached hydrogens (tertiary/aromatic N) is 2. The van der Waals surface area contributed by atoms with Crippen LogP contribution in [0.3, 0.4) is 0 Å². The molecule has 3 heterocycles. The number of amides is 1. The first-order chi connectivity index (χ1) is 15.3. The Hall–Kier alpha value is -2.80. The van der Waals surface area contributed by atoms with Crippen molar-refractivity contribution >= 4 is 28.6 Å². The lowest BCUT2D eigenvalue weighted by Gasteiger charge is -2.36. The normalized spacial score (nSPS) is 17.1. The lowest BCUT2D eigenvalue weighted by molar-refractivity contribution is -0.123. The molecule has 31 heavy (non-hydrogen) atoms. The van der Waals surface area contributed by atoms with Gasteiger partial charge in [0.15, 0.2) is 0 Å². The average molecular weight is 446 g/mol. The smallest absolute Gasteiger partial charge is 0.235 e. The van der Waals surface area contributed by atoms with Gasteiger partial charge in [-0.25, -0.2) is 4.98 Å². The topological polar surface area (TPSA) is 45.2 Å². The molecule has 6 heteroatoms. The van der Waals surface area contributed by atoms with Crippen molar-refractivity contribution in [3.63, 3.8) is 0 Å². The fourth-order valence-corrected chi connectivity index (χ4v) is 5.88. The molecule has 0 saturated heterocycles.